The second kappa shape index (κ2) is 7.17. The summed E-state index contributed by atoms with van der Waals surface area (Å²) in [6.45, 7) is 0. The molecule has 3 aromatic carbocycles. The molecule has 0 amide bonds. The monoisotopic (exact) mass is 486 g/mol. The fraction of sp³-hybridized carbons (Fsp3) is 0. The third kappa shape index (κ3) is 3.48. The molecule has 0 aliphatic heterocycles. The number of hydrogen-bond donors (Lipinski definition) is 2. The van der Waals surface area contributed by atoms with Crippen LogP contribution in [0.15, 0.2) is 73.0 Å². The molecule has 5 nitrogen and oxygen atoms in total. The molecule has 0 saturated carbocycles. The number of phenolic OH excluding ortho intramolecular Hbond substituents is 2. The Bertz CT molecular complexity index is 1140. The molecule has 0 bridgehead atoms. The molecule has 1 aromatic heterocycles. The number of hydrogen-bond acceptors (Lipinski definition) is 5. The van der Waals surface area contributed by atoms with E-state index in [1.807, 2.05) is 48.5 Å². The molecule has 0 spiro atoms. The first kappa shape index (κ1) is 17.8. The number of fused-ring (bicyclic) bond motifs is 1. The molecule has 4 rings (SSSR count). The van der Waals surface area contributed by atoms with Crippen LogP contribution in [0.4, 0.5) is 5.69 Å². The second-order valence-corrected chi connectivity index (χ2v) is 7.40. The predicted octanol–water partition coefficient (Wildman–Crippen LogP) is 6.18. The van der Waals surface area contributed by atoms with Gasteiger partial charge in [0.2, 0.25) is 5.89 Å². The molecule has 7 heteroatoms. The van der Waals surface area contributed by atoms with Crippen LogP contribution >= 0.6 is 31.9 Å². The van der Waals surface area contributed by atoms with Crippen molar-refractivity contribution in [2.24, 2.45) is 4.99 Å². The number of benzene rings is 3. The van der Waals surface area contributed by atoms with E-state index in [-0.39, 0.29) is 16.0 Å². The maximum atomic E-state index is 10.1. The number of halogens is 2. The van der Waals surface area contributed by atoms with Crippen LogP contribution < -0.4 is 0 Å². The van der Waals surface area contributed by atoms with Crippen molar-refractivity contribution < 1.29 is 14.6 Å². The van der Waals surface area contributed by atoms with E-state index in [2.05, 4.69) is 41.8 Å². The topological polar surface area (TPSA) is 78.9 Å². The molecule has 0 aliphatic carbocycles. The van der Waals surface area contributed by atoms with Gasteiger partial charge in [0, 0.05) is 17.3 Å². The molecule has 0 radical (unpaired) electrons. The summed E-state index contributed by atoms with van der Waals surface area (Å²) in [6.07, 6.45) is 1.53. The molecule has 0 atom stereocenters. The average Bonchev–Trinajstić information content (AvgIpc) is 3.13. The van der Waals surface area contributed by atoms with Gasteiger partial charge in [0.05, 0.1) is 10.2 Å². The van der Waals surface area contributed by atoms with E-state index >= 15 is 0 Å². The van der Waals surface area contributed by atoms with Crippen LogP contribution in [-0.4, -0.2) is 21.4 Å². The summed E-state index contributed by atoms with van der Waals surface area (Å²) in [7, 11) is 0. The van der Waals surface area contributed by atoms with Gasteiger partial charge in [-0.05, 0) is 74.3 Å². The number of oxazole rings is 1. The van der Waals surface area contributed by atoms with E-state index in [0.717, 1.165) is 16.7 Å². The summed E-state index contributed by atoms with van der Waals surface area (Å²) in [4.78, 5) is 8.84. The molecule has 0 fully saturated rings. The number of aromatic nitrogens is 1. The Balaban J connectivity index is 1.60. The maximum absolute atomic E-state index is 10.1. The zero-order valence-electron chi connectivity index (χ0n) is 13.7. The SMILES string of the molecule is Oc1c(Br)cc(C=Nc2ccc(-c3nc4ccccc4o3)cc2)c(O)c1Br. The third-order valence-corrected chi connectivity index (χ3v) is 5.31. The minimum absolute atomic E-state index is 0.0627. The molecule has 0 aliphatic rings. The zero-order chi connectivity index (χ0) is 19.0. The summed E-state index contributed by atoms with van der Waals surface area (Å²) < 4.78 is 6.43. The first-order valence-electron chi connectivity index (χ1n) is 7.93. The fourth-order valence-corrected chi connectivity index (χ4v) is 3.70. The lowest BCUT2D eigenvalue weighted by Crippen LogP contribution is -1.85. The number of phenols is 2. The van der Waals surface area contributed by atoms with E-state index in [9.17, 15) is 10.2 Å². The maximum Gasteiger partial charge on any atom is 0.227 e. The van der Waals surface area contributed by atoms with E-state index in [0.29, 0.717) is 21.6 Å². The normalized spacial score (nSPS) is 11.5. The third-order valence-electron chi connectivity index (χ3n) is 3.96. The van der Waals surface area contributed by atoms with Crippen molar-refractivity contribution in [3.05, 3.63) is 69.1 Å². The lowest BCUT2D eigenvalue weighted by molar-refractivity contribution is 0.442. The Kier molecular flexibility index (Phi) is 4.72. The lowest BCUT2D eigenvalue weighted by Gasteiger charge is -2.06. The van der Waals surface area contributed by atoms with Crippen molar-refractivity contribution in [1.29, 1.82) is 0 Å². The van der Waals surface area contributed by atoms with Gasteiger partial charge in [-0.15, -0.1) is 0 Å². The quantitative estimate of drug-likeness (QED) is 0.338. The van der Waals surface area contributed by atoms with Gasteiger partial charge in [-0.2, -0.15) is 0 Å². The number of nitrogens with zero attached hydrogens (tertiary/aromatic N) is 2. The fourth-order valence-electron chi connectivity index (χ4n) is 2.55. The Morgan fingerprint density at radius 3 is 2.44 bits per heavy atom. The van der Waals surface area contributed by atoms with Gasteiger partial charge >= 0.3 is 0 Å². The van der Waals surface area contributed by atoms with Gasteiger partial charge in [0.25, 0.3) is 0 Å². The highest BCUT2D eigenvalue weighted by atomic mass is 79.9. The first-order chi connectivity index (χ1) is 13.0. The van der Waals surface area contributed by atoms with Crippen molar-refractivity contribution in [3.63, 3.8) is 0 Å². The number of aromatic hydroxyl groups is 2. The lowest BCUT2D eigenvalue weighted by atomic mass is 10.2. The van der Waals surface area contributed by atoms with Crippen LogP contribution in [-0.2, 0) is 0 Å². The van der Waals surface area contributed by atoms with Crippen LogP contribution in [0.2, 0.25) is 0 Å². The van der Waals surface area contributed by atoms with Crippen LogP contribution in [0.1, 0.15) is 5.56 Å². The summed E-state index contributed by atoms with van der Waals surface area (Å²) in [5.41, 5.74) is 3.58. The highest BCUT2D eigenvalue weighted by molar-refractivity contribution is 9.11. The van der Waals surface area contributed by atoms with Crippen molar-refractivity contribution in [3.8, 4) is 23.0 Å². The smallest absolute Gasteiger partial charge is 0.227 e. The Labute approximate surface area is 171 Å². The summed E-state index contributed by atoms with van der Waals surface area (Å²) in [5.74, 6) is 0.408. The Hall–Kier alpha value is -2.64. The molecule has 4 aromatic rings. The molecule has 1 heterocycles. The Morgan fingerprint density at radius 1 is 0.963 bits per heavy atom. The van der Waals surface area contributed by atoms with Gasteiger partial charge in [-0.1, -0.05) is 12.1 Å². The summed E-state index contributed by atoms with van der Waals surface area (Å²) in [5, 5.41) is 19.9. The van der Waals surface area contributed by atoms with Crippen LogP contribution in [0.5, 0.6) is 11.5 Å². The molecule has 0 unspecified atom stereocenters. The van der Waals surface area contributed by atoms with Gasteiger partial charge in [0.1, 0.15) is 21.5 Å². The van der Waals surface area contributed by atoms with Crippen LogP contribution in [0, 0.1) is 0 Å². The van der Waals surface area contributed by atoms with Crippen molar-refractivity contribution >= 4 is 54.9 Å². The number of rotatable bonds is 3. The average molecular weight is 488 g/mol. The standard InChI is InChI=1S/C20H12Br2N2O3/c21-14-9-12(18(25)17(22)19(14)26)10-23-13-7-5-11(6-8-13)20-24-15-3-1-2-4-16(15)27-20/h1-10,25-26H. The molecule has 134 valence electrons. The highest BCUT2D eigenvalue weighted by Gasteiger charge is 2.13. The van der Waals surface area contributed by atoms with Crippen molar-refractivity contribution in [2.75, 3.05) is 0 Å². The first-order valence-corrected chi connectivity index (χ1v) is 9.51. The molecule has 27 heavy (non-hydrogen) atoms. The van der Waals surface area contributed by atoms with E-state index in [1.54, 1.807) is 6.07 Å². The van der Waals surface area contributed by atoms with Crippen molar-refractivity contribution in [1.82, 2.24) is 4.98 Å². The minimum atomic E-state index is -0.0810. The van der Waals surface area contributed by atoms with Gasteiger partial charge in [-0.3, -0.25) is 4.99 Å². The van der Waals surface area contributed by atoms with Crippen LogP contribution in [0.3, 0.4) is 0 Å². The second-order valence-electron chi connectivity index (χ2n) is 5.75. The van der Waals surface area contributed by atoms with Gasteiger partial charge < -0.3 is 14.6 Å². The predicted molar refractivity (Wildman–Crippen MR) is 112 cm³/mol. The zero-order valence-corrected chi connectivity index (χ0v) is 16.9. The highest BCUT2D eigenvalue weighted by Crippen LogP contribution is 2.40. The largest absolute Gasteiger partial charge is 0.506 e. The molecular formula is C20H12Br2N2O3. The van der Waals surface area contributed by atoms with Crippen LogP contribution in [0.25, 0.3) is 22.6 Å². The van der Waals surface area contributed by atoms with Crippen molar-refractivity contribution in [2.45, 2.75) is 0 Å². The summed E-state index contributed by atoms with van der Waals surface area (Å²) >= 11 is 6.38. The number of aliphatic imine (C=N–C) groups is 1. The van der Waals surface area contributed by atoms with Gasteiger partial charge in [0.15, 0.2) is 5.58 Å². The van der Waals surface area contributed by atoms with E-state index in [4.69, 9.17) is 4.42 Å². The Morgan fingerprint density at radius 2 is 1.70 bits per heavy atom. The minimum Gasteiger partial charge on any atom is -0.506 e. The van der Waals surface area contributed by atoms with E-state index in [1.165, 1.54) is 6.21 Å². The van der Waals surface area contributed by atoms with Gasteiger partial charge in [-0.25, -0.2) is 4.98 Å². The van der Waals surface area contributed by atoms with E-state index < -0.39 is 0 Å². The summed E-state index contributed by atoms with van der Waals surface area (Å²) in [6, 6.07) is 16.6. The molecular weight excluding hydrogens is 476 g/mol. The molecule has 0 saturated heterocycles. The number of para-hydroxylation sites is 2. The molecule has 2 N–H and O–H groups in total.